The van der Waals surface area contributed by atoms with E-state index in [1.165, 1.54) is 4.90 Å². The molecule has 0 heterocycles. The fourth-order valence-electron chi connectivity index (χ4n) is 1.54. The van der Waals surface area contributed by atoms with Crippen molar-refractivity contribution in [3.8, 4) is 0 Å². The van der Waals surface area contributed by atoms with Crippen molar-refractivity contribution >= 4 is 17.7 Å². The second-order valence-corrected chi connectivity index (χ2v) is 4.28. The number of hydrogen-bond donors (Lipinski definition) is 1. The Kier molecular flexibility index (Phi) is 5.85. The topological polar surface area (TPSA) is 58.6 Å². The first-order valence-corrected chi connectivity index (χ1v) is 6.27. The number of anilines is 1. The highest BCUT2D eigenvalue weighted by Gasteiger charge is 2.11. The van der Waals surface area contributed by atoms with Crippen LogP contribution < -0.4 is 5.32 Å². The van der Waals surface area contributed by atoms with E-state index in [4.69, 9.17) is 4.74 Å². The lowest BCUT2D eigenvalue weighted by atomic mass is 10.2. The molecule has 0 radical (unpaired) electrons. The number of nitrogens with zero attached hydrogens (tertiary/aromatic N) is 1. The molecule has 0 aliphatic heterocycles. The van der Waals surface area contributed by atoms with E-state index in [1.807, 2.05) is 31.2 Å². The van der Waals surface area contributed by atoms with Gasteiger partial charge in [-0.25, -0.2) is 4.79 Å². The zero-order valence-electron chi connectivity index (χ0n) is 11.6. The molecule has 5 heteroatoms. The van der Waals surface area contributed by atoms with E-state index < -0.39 is 0 Å². The van der Waals surface area contributed by atoms with Crippen molar-refractivity contribution in [2.75, 3.05) is 25.5 Å². The summed E-state index contributed by atoms with van der Waals surface area (Å²) in [5, 5.41) is 2.77. The molecule has 0 saturated carbocycles. The molecule has 0 fully saturated rings. The van der Waals surface area contributed by atoms with E-state index in [0.29, 0.717) is 13.2 Å². The molecule has 1 rings (SSSR count). The zero-order chi connectivity index (χ0) is 14.3. The minimum atomic E-state index is -0.294. The summed E-state index contributed by atoms with van der Waals surface area (Å²) in [6.45, 7) is 4.40. The molecule has 1 N–H and O–H groups in total. The molecule has 0 spiro atoms. The Morgan fingerprint density at radius 3 is 2.74 bits per heavy atom. The van der Waals surface area contributed by atoms with Crippen LogP contribution in [0, 0.1) is 6.92 Å². The van der Waals surface area contributed by atoms with Gasteiger partial charge in [0.05, 0.1) is 13.0 Å². The van der Waals surface area contributed by atoms with Crippen LogP contribution in [0.4, 0.5) is 10.5 Å². The molecule has 2 amide bonds. The molecule has 0 saturated heterocycles. The number of nitrogens with one attached hydrogen (secondary N) is 1. The third-order valence-electron chi connectivity index (χ3n) is 2.57. The zero-order valence-corrected chi connectivity index (χ0v) is 11.6. The van der Waals surface area contributed by atoms with Gasteiger partial charge in [-0.15, -0.1) is 0 Å². The molecule has 1 aromatic rings. The summed E-state index contributed by atoms with van der Waals surface area (Å²) in [5.74, 6) is -0.294. The van der Waals surface area contributed by atoms with Crippen LogP contribution in [0.5, 0.6) is 0 Å². The summed E-state index contributed by atoms with van der Waals surface area (Å²) in [6.07, 6.45) is 0.200. The van der Waals surface area contributed by atoms with E-state index in [-0.39, 0.29) is 18.4 Å². The first-order valence-electron chi connectivity index (χ1n) is 6.27. The summed E-state index contributed by atoms with van der Waals surface area (Å²) in [7, 11) is 1.64. The van der Waals surface area contributed by atoms with E-state index in [0.717, 1.165) is 11.3 Å². The number of ether oxygens (including phenoxy) is 1. The van der Waals surface area contributed by atoms with Gasteiger partial charge in [0.1, 0.15) is 0 Å². The maximum absolute atomic E-state index is 11.9. The van der Waals surface area contributed by atoms with Crippen molar-refractivity contribution in [2.24, 2.45) is 0 Å². The van der Waals surface area contributed by atoms with Gasteiger partial charge in [-0.1, -0.05) is 12.1 Å². The molecular weight excluding hydrogens is 244 g/mol. The molecule has 19 heavy (non-hydrogen) atoms. The minimum absolute atomic E-state index is 0.200. The van der Waals surface area contributed by atoms with Crippen molar-refractivity contribution in [3.05, 3.63) is 29.8 Å². The fourth-order valence-corrected chi connectivity index (χ4v) is 1.54. The number of aryl methyl sites for hydroxylation is 1. The highest BCUT2D eigenvalue weighted by atomic mass is 16.5. The third-order valence-corrected chi connectivity index (χ3v) is 2.57. The Morgan fingerprint density at radius 1 is 1.37 bits per heavy atom. The Labute approximate surface area is 113 Å². The normalized spacial score (nSPS) is 9.84. The van der Waals surface area contributed by atoms with Crippen LogP contribution in [0.25, 0.3) is 0 Å². The molecule has 0 aliphatic rings. The standard InChI is InChI=1S/C14H20N2O3/c1-4-19-13(17)8-9-16(3)14(18)15-12-7-5-6-11(2)10-12/h5-7,10H,4,8-9H2,1-3H3,(H,15,18). The molecule has 0 atom stereocenters. The fraction of sp³-hybridized carbons (Fsp3) is 0.429. The predicted octanol–water partition coefficient (Wildman–Crippen LogP) is 2.41. The monoisotopic (exact) mass is 264 g/mol. The Hall–Kier alpha value is -2.04. The minimum Gasteiger partial charge on any atom is -0.466 e. The maximum atomic E-state index is 11.9. The Balaban J connectivity index is 2.42. The van der Waals surface area contributed by atoms with Crippen LogP contribution in [0.1, 0.15) is 18.9 Å². The van der Waals surface area contributed by atoms with E-state index in [2.05, 4.69) is 5.32 Å². The number of benzene rings is 1. The van der Waals surface area contributed by atoms with Crippen LogP contribution in [0.3, 0.4) is 0 Å². The third kappa shape index (κ3) is 5.42. The second-order valence-electron chi connectivity index (χ2n) is 4.28. The predicted molar refractivity (Wildman–Crippen MR) is 74.1 cm³/mol. The molecule has 0 aromatic heterocycles. The SMILES string of the molecule is CCOC(=O)CCN(C)C(=O)Nc1cccc(C)c1. The van der Waals surface area contributed by atoms with Gasteiger partial charge in [0.25, 0.3) is 0 Å². The number of amides is 2. The van der Waals surface area contributed by atoms with Gasteiger partial charge in [0, 0.05) is 19.3 Å². The Morgan fingerprint density at radius 2 is 2.11 bits per heavy atom. The van der Waals surface area contributed by atoms with E-state index in [1.54, 1.807) is 14.0 Å². The second kappa shape index (κ2) is 7.41. The van der Waals surface area contributed by atoms with Crippen LogP contribution in [-0.4, -0.2) is 37.1 Å². The van der Waals surface area contributed by atoms with Gasteiger partial charge in [-0.3, -0.25) is 4.79 Å². The summed E-state index contributed by atoms with van der Waals surface area (Å²) in [6, 6.07) is 7.31. The number of rotatable bonds is 5. The lowest BCUT2D eigenvalue weighted by Crippen LogP contribution is -2.33. The number of esters is 1. The van der Waals surface area contributed by atoms with Gasteiger partial charge < -0.3 is 15.0 Å². The smallest absolute Gasteiger partial charge is 0.321 e. The average molecular weight is 264 g/mol. The van der Waals surface area contributed by atoms with Gasteiger partial charge in [0.2, 0.25) is 0 Å². The number of hydrogen-bond acceptors (Lipinski definition) is 3. The highest BCUT2D eigenvalue weighted by molar-refractivity contribution is 5.89. The van der Waals surface area contributed by atoms with Gasteiger partial charge >= 0.3 is 12.0 Å². The van der Waals surface area contributed by atoms with Crippen LogP contribution in [0.15, 0.2) is 24.3 Å². The lowest BCUT2D eigenvalue weighted by Gasteiger charge is -2.17. The van der Waals surface area contributed by atoms with Crippen molar-refractivity contribution in [2.45, 2.75) is 20.3 Å². The highest BCUT2D eigenvalue weighted by Crippen LogP contribution is 2.10. The van der Waals surface area contributed by atoms with Crippen molar-refractivity contribution in [1.29, 1.82) is 0 Å². The molecule has 1 aromatic carbocycles. The van der Waals surface area contributed by atoms with Crippen molar-refractivity contribution < 1.29 is 14.3 Å². The molecule has 0 unspecified atom stereocenters. The van der Waals surface area contributed by atoms with E-state index >= 15 is 0 Å². The first-order chi connectivity index (χ1) is 9.02. The molecule has 104 valence electrons. The van der Waals surface area contributed by atoms with Crippen molar-refractivity contribution in [3.63, 3.8) is 0 Å². The van der Waals surface area contributed by atoms with Gasteiger partial charge in [-0.2, -0.15) is 0 Å². The summed E-state index contributed by atoms with van der Waals surface area (Å²) < 4.78 is 4.81. The molecule has 5 nitrogen and oxygen atoms in total. The lowest BCUT2D eigenvalue weighted by molar-refractivity contribution is -0.143. The largest absolute Gasteiger partial charge is 0.466 e. The first kappa shape index (κ1) is 15.0. The summed E-state index contributed by atoms with van der Waals surface area (Å²) in [5.41, 5.74) is 1.82. The van der Waals surface area contributed by atoms with Crippen LogP contribution in [0.2, 0.25) is 0 Å². The quantitative estimate of drug-likeness (QED) is 0.831. The number of urea groups is 1. The van der Waals surface area contributed by atoms with Crippen molar-refractivity contribution in [1.82, 2.24) is 4.90 Å². The molecule has 0 aliphatic carbocycles. The van der Waals surface area contributed by atoms with Crippen LogP contribution >= 0.6 is 0 Å². The summed E-state index contributed by atoms with van der Waals surface area (Å²) >= 11 is 0. The van der Waals surface area contributed by atoms with Crippen LogP contribution in [-0.2, 0) is 9.53 Å². The number of carbonyl (C=O) groups excluding carboxylic acids is 2. The summed E-state index contributed by atoms with van der Waals surface area (Å²) in [4.78, 5) is 24.5. The molecular formula is C14H20N2O3. The number of carbonyl (C=O) groups is 2. The van der Waals surface area contributed by atoms with Gasteiger partial charge in [0.15, 0.2) is 0 Å². The maximum Gasteiger partial charge on any atom is 0.321 e. The van der Waals surface area contributed by atoms with Gasteiger partial charge in [-0.05, 0) is 31.5 Å². The average Bonchev–Trinajstić information content (AvgIpc) is 2.36. The molecule has 0 bridgehead atoms. The van der Waals surface area contributed by atoms with E-state index in [9.17, 15) is 9.59 Å². The Bertz CT molecular complexity index is 446.